The maximum absolute atomic E-state index is 12.3. The second-order valence-electron chi connectivity index (χ2n) is 7.15. The van der Waals surface area contributed by atoms with E-state index < -0.39 is 10.0 Å². The van der Waals surface area contributed by atoms with Gasteiger partial charge in [0.15, 0.2) is 5.16 Å². The van der Waals surface area contributed by atoms with Gasteiger partial charge in [-0.05, 0) is 56.7 Å². The Kier molecular flexibility index (Phi) is 6.12. The molecule has 0 bridgehead atoms. The van der Waals surface area contributed by atoms with Gasteiger partial charge in [0.2, 0.25) is 15.9 Å². The number of nitrogens with zero attached hydrogens (tertiary/aromatic N) is 2. The number of primary sulfonamides is 1. The van der Waals surface area contributed by atoms with Crippen molar-refractivity contribution in [2.75, 3.05) is 5.75 Å². The zero-order valence-electron chi connectivity index (χ0n) is 15.6. The maximum Gasteiger partial charge on any atom is 0.238 e. The van der Waals surface area contributed by atoms with E-state index in [1.54, 1.807) is 6.07 Å². The number of nitrogens with two attached hydrogens (primary N) is 1. The van der Waals surface area contributed by atoms with E-state index >= 15 is 0 Å². The van der Waals surface area contributed by atoms with Gasteiger partial charge in [-0.25, -0.2) is 18.5 Å². The first-order valence-electron chi connectivity index (χ1n) is 9.23. The lowest BCUT2D eigenvalue weighted by molar-refractivity contribution is -0.119. The summed E-state index contributed by atoms with van der Waals surface area (Å²) >= 11 is 1.37. The summed E-state index contributed by atoms with van der Waals surface area (Å²) in [7, 11) is -3.77. The molecule has 0 aliphatic heterocycles. The number of imidazole rings is 1. The van der Waals surface area contributed by atoms with Crippen LogP contribution in [0.3, 0.4) is 0 Å². The van der Waals surface area contributed by atoms with Crippen LogP contribution in [0.2, 0.25) is 0 Å². The lowest BCUT2D eigenvalue weighted by Crippen LogP contribution is -2.38. The first-order valence-corrected chi connectivity index (χ1v) is 11.8. The topological polar surface area (TPSA) is 107 Å². The highest BCUT2D eigenvalue weighted by molar-refractivity contribution is 7.99. The Balaban J connectivity index is 1.69. The van der Waals surface area contributed by atoms with Crippen LogP contribution in [0.5, 0.6) is 0 Å². The minimum atomic E-state index is -3.77. The molecule has 1 aromatic heterocycles. The Bertz CT molecular complexity index is 931. The first-order chi connectivity index (χ1) is 12.8. The van der Waals surface area contributed by atoms with E-state index in [9.17, 15) is 13.2 Å². The number of carbonyl (C=O) groups excluding carboxylic acids is 1. The van der Waals surface area contributed by atoms with E-state index in [1.165, 1.54) is 23.9 Å². The number of carbonyl (C=O) groups is 1. The van der Waals surface area contributed by atoms with Crippen molar-refractivity contribution < 1.29 is 13.2 Å². The van der Waals surface area contributed by atoms with Gasteiger partial charge in [0.05, 0.1) is 21.7 Å². The number of benzene rings is 1. The summed E-state index contributed by atoms with van der Waals surface area (Å²) in [6.45, 7) is 4.92. The van der Waals surface area contributed by atoms with E-state index in [-0.39, 0.29) is 22.6 Å². The van der Waals surface area contributed by atoms with Crippen molar-refractivity contribution in [1.29, 1.82) is 0 Å². The number of fused-ring (bicyclic) bond motifs is 1. The van der Waals surface area contributed by atoms with E-state index in [4.69, 9.17) is 5.14 Å². The molecule has 1 aromatic carbocycles. The Morgan fingerprint density at radius 2 is 2.04 bits per heavy atom. The Labute approximate surface area is 164 Å². The molecule has 0 atom stereocenters. The van der Waals surface area contributed by atoms with Crippen LogP contribution in [0.15, 0.2) is 28.3 Å². The van der Waals surface area contributed by atoms with Gasteiger partial charge in [-0.2, -0.15) is 0 Å². The van der Waals surface area contributed by atoms with Gasteiger partial charge in [-0.3, -0.25) is 4.79 Å². The molecule has 1 fully saturated rings. The maximum atomic E-state index is 12.3. The van der Waals surface area contributed by atoms with Crippen molar-refractivity contribution in [2.24, 2.45) is 11.1 Å². The first kappa shape index (κ1) is 20.2. The fourth-order valence-corrected chi connectivity index (χ4v) is 4.91. The number of aryl methyl sites for hydroxylation is 1. The normalized spacial score (nSPS) is 20.7. The summed E-state index contributed by atoms with van der Waals surface area (Å²) in [5.74, 6) is 1.05. The number of nitrogens with one attached hydrogen (secondary N) is 1. The van der Waals surface area contributed by atoms with Crippen LogP contribution in [0, 0.1) is 5.92 Å². The minimum absolute atomic E-state index is 0.0134. The van der Waals surface area contributed by atoms with Gasteiger partial charge in [-0.1, -0.05) is 18.7 Å². The summed E-state index contributed by atoms with van der Waals surface area (Å²) in [4.78, 5) is 16.9. The molecule has 2 aromatic rings. The third-order valence-electron chi connectivity index (χ3n) is 5.04. The molecular weight excluding hydrogens is 384 g/mol. The molecule has 0 radical (unpaired) electrons. The standard InChI is InChI=1S/C18H26N4O3S2/c1-3-22-16-9-8-14(27(19,24)25)10-15(16)21-18(22)26-11-17(23)20-13-6-4-12(2)5-7-13/h8-10,12-13H,3-7,11H2,1-2H3,(H,20,23)(H2,19,24,25). The molecule has 0 unspecified atom stereocenters. The zero-order chi connectivity index (χ0) is 19.6. The molecule has 1 aliphatic carbocycles. The predicted molar refractivity (Wildman–Crippen MR) is 107 cm³/mol. The van der Waals surface area contributed by atoms with E-state index in [2.05, 4.69) is 17.2 Å². The molecule has 3 rings (SSSR count). The van der Waals surface area contributed by atoms with E-state index in [0.717, 1.165) is 37.1 Å². The fraction of sp³-hybridized carbons (Fsp3) is 0.556. The average Bonchev–Trinajstić information content (AvgIpc) is 2.98. The van der Waals surface area contributed by atoms with Crippen molar-refractivity contribution in [2.45, 2.75) is 62.2 Å². The molecule has 9 heteroatoms. The summed E-state index contributed by atoms with van der Waals surface area (Å²) in [6.07, 6.45) is 4.41. The highest BCUT2D eigenvalue weighted by Gasteiger charge is 2.20. The monoisotopic (exact) mass is 410 g/mol. The zero-order valence-corrected chi connectivity index (χ0v) is 17.3. The predicted octanol–water partition coefficient (Wildman–Crippen LogP) is 2.49. The lowest BCUT2D eigenvalue weighted by atomic mass is 9.87. The fourth-order valence-electron chi connectivity index (χ4n) is 3.48. The second-order valence-corrected chi connectivity index (χ2v) is 9.65. The second kappa shape index (κ2) is 8.20. The highest BCUT2D eigenvalue weighted by Crippen LogP contribution is 2.27. The molecular formula is C18H26N4O3S2. The summed E-state index contributed by atoms with van der Waals surface area (Å²) in [6, 6.07) is 4.94. The molecule has 1 heterocycles. The van der Waals surface area contributed by atoms with Crippen molar-refractivity contribution >= 4 is 38.7 Å². The molecule has 0 saturated heterocycles. The van der Waals surface area contributed by atoms with Crippen LogP contribution in [-0.2, 0) is 21.4 Å². The van der Waals surface area contributed by atoms with Gasteiger partial charge >= 0.3 is 0 Å². The SMILES string of the molecule is CCn1c(SCC(=O)NC2CCC(C)CC2)nc2cc(S(N)(=O)=O)ccc21. The van der Waals surface area contributed by atoms with Crippen LogP contribution in [-0.4, -0.2) is 35.7 Å². The smallest absolute Gasteiger partial charge is 0.238 e. The van der Waals surface area contributed by atoms with Gasteiger partial charge in [-0.15, -0.1) is 0 Å². The Hall–Kier alpha value is -1.58. The molecule has 0 spiro atoms. The van der Waals surface area contributed by atoms with Gasteiger partial charge in [0, 0.05) is 12.6 Å². The van der Waals surface area contributed by atoms with Crippen molar-refractivity contribution in [3.8, 4) is 0 Å². The molecule has 1 saturated carbocycles. The molecule has 148 valence electrons. The number of hydrogen-bond acceptors (Lipinski definition) is 5. The van der Waals surface area contributed by atoms with E-state index in [1.807, 2.05) is 11.5 Å². The van der Waals surface area contributed by atoms with Gasteiger partial charge in [0.1, 0.15) is 0 Å². The largest absolute Gasteiger partial charge is 0.353 e. The highest BCUT2D eigenvalue weighted by atomic mass is 32.2. The van der Waals surface area contributed by atoms with Crippen LogP contribution in [0.4, 0.5) is 0 Å². The molecule has 3 N–H and O–H groups in total. The Morgan fingerprint density at radius 1 is 1.33 bits per heavy atom. The van der Waals surface area contributed by atoms with Crippen LogP contribution in [0.25, 0.3) is 11.0 Å². The summed E-state index contributed by atoms with van der Waals surface area (Å²) in [5.41, 5.74) is 1.39. The Morgan fingerprint density at radius 3 is 2.67 bits per heavy atom. The van der Waals surface area contributed by atoms with Gasteiger partial charge in [0.25, 0.3) is 0 Å². The van der Waals surface area contributed by atoms with Crippen molar-refractivity contribution in [3.05, 3.63) is 18.2 Å². The molecule has 1 aliphatic rings. The number of amides is 1. The average molecular weight is 411 g/mol. The quantitative estimate of drug-likeness (QED) is 0.712. The van der Waals surface area contributed by atoms with Crippen molar-refractivity contribution in [3.63, 3.8) is 0 Å². The molecule has 27 heavy (non-hydrogen) atoms. The third-order valence-corrected chi connectivity index (χ3v) is 6.93. The van der Waals surface area contributed by atoms with Crippen molar-refractivity contribution in [1.82, 2.24) is 14.9 Å². The lowest BCUT2D eigenvalue weighted by Gasteiger charge is -2.26. The number of hydrogen-bond donors (Lipinski definition) is 2. The number of thioether (sulfide) groups is 1. The van der Waals surface area contributed by atoms with Gasteiger partial charge < -0.3 is 9.88 Å². The number of rotatable bonds is 6. The van der Waals surface area contributed by atoms with E-state index in [0.29, 0.717) is 17.2 Å². The minimum Gasteiger partial charge on any atom is -0.353 e. The van der Waals surface area contributed by atoms with Crippen LogP contribution in [0.1, 0.15) is 39.5 Å². The van der Waals surface area contributed by atoms with Crippen LogP contribution >= 0.6 is 11.8 Å². The summed E-state index contributed by atoms with van der Waals surface area (Å²) in [5, 5.41) is 9.02. The van der Waals surface area contributed by atoms with Crippen LogP contribution < -0.4 is 10.5 Å². The molecule has 7 nitrogen and oxygen atoms in total. The third kappa shape index (κ3) is 4.83. The molecule has 1 amide bonds. The summed E-state index contributed by atoms with van der Waals surface area (Å²) < 4.78 is 25.1. The number of sulfonamides is 1. The number of aromatic nitrogens is 2.